The molecule has 1 aromatic rings. The van der Waals surface area contributed by atoms with Crippen LogP contribution in [-0.4, -0.2) is 26.0 Å². The van der Waals surface area contributed by atoms with Crippen LogP contribution in [-0.2, 0) is 10.0 Å². The predicted molar refractivity (Wildman–Crippen MR) is 80.2 cm³/mol. The van der Waals surface area contributed by atoms with Crippen molar-refractivity contribution in [1.29, 1.82) is 0 Å². The highest BCUT2D eigenvalue weighted by molar-refractivity contribution is 7.89. The number of anilines is 1. The Kier molecular flexibility index (Phi) is 5.37. The van der Waals surface area contributed by atoms with Crippen LogP contribution >= 0.6 is 0 Å². The third-order valence-electron chi connectivity index (χ3n) is 3.57. The quantitative estimate of drug-likeness (QED) is 0.819. The number of hydrogen-bond acceptors (Lipinski definition) is 4. The Morgan fingerprint density at radius 1 is 1.25 bits per heavy atom. The van der Waals surface area contributed by atoms with Gasteiger partial charge in [-0.3, -0.25) is 0 Å². The SMILES string of the molecule is CCNc1cccnc1S(=O)(=O)NC1CCCCCC1. The average Bonchev–Trinajstić information content (AvgIpc) is 2.68. The van der Waals surface area contributed by atoms with E-state index < -0.39 is 10.0 Å². The monoisotopic (exact) mass is 297 g/mol. The third kappa shape index (κ3) is 3.93. The first-order valence-electron chi connectivity index (χ1n) is 7.34. The maximum Gasteiger partial charge on any atom is 0.260 e. The Bertz CT molecular complexity index is 523. The number of nitrogens with one attached hydrogen (secondary N) is 2. The van der Waals surface area contributed by atoms with E-state index in [1.807, 2.05) is 6.92 Å². The molecule has 0 spiro atoms. The van der Waals surface area contributed by atoms with Crippen LogP contribution in [0.1, 0.15) is 45.4 Å². The van der Waals surface area contributed by atoms with E-state index in [9.17, 15) is 8.42 Å². The van der Waals surface area contributed by atoms with Crippen molar-refractivity contribution in [3.05, 3.63) is 18.3 Å². The van der Waals surface area contributed by atoms with Gasteiger partial charge in [0.1, 0.15) is 0 Å². The normalized spacial score (nSPS) is 17.6. The van der Waals surface area contributed by atoms with Gasteiger partial charge in [-0.15, -0.1) is 0 Å². The van der Waals surface area contributed by atoms with Crippen LogP contribution in [0, 0.1) is 0 Å². The largest absolute Gasteiger partial charge is 0.383 e. The first-order chi connectivity index (χ1) is 9.63. The summed E-state index contributed by atoms with van der Waals surface area (Å²) >= 11 is 0. The molecule has 0 atom stereocenters. The van der Waals surface area contributed by atoms with Crippen LogP contribution in [0.2, 0.25) is 0 Å². The first kappa shape index (κ1) is 15.3. The zero-order valence-corrected chi connectivity index (χ0v) is 12.7. The highest BCUT2D eigenvalue weighted by atomic mass is 32.2. The van der Waals surface area contributed by atoms with Crippen molar-refractivity contribution in [1.82, 2.24) is 9.71 Å². The fourth-order valence-corrected chi connectivity index (χ4v) is 4.02. The average molecular weight is 297 g/mol. The van der Waals surface area contributed by atoms with Crippen molar-refractivity contribution in [2.24, 2.45) is 0 Å². The molecule has 0 saturated heterocycles. The number of pyridine rings is 1. The van der Waals surface area contributed by atoms with E-state index in [-0.39, 0.29) is 11.1 Å². The van der Waals surface area contributed by atoms with Crippen molar-refractivity contribution in [2.45, 2.75) is 56.5 Å². The Morgan fingerprint density at radius 3 is 2.60 bits per heavy atom. The second-order valence-corrected chi connectivity index (χ2v) is 6.83. The van der Waals surface area contributed by atoms with Crippen LogP contribution in [0.4, 0.5) is 5.69 Å². The topological polar surface area (TPSA) is 71.1 Å². The number of sulfonamides is 1. The van der Waals surface area contributed by atoms with Gasteiger partial charge in [-0.1, -0.05) is 25.7 Å². The van der Waals surface area contributed by atoms with Gasteiger partial charge in [-0.2, -0.15) is 0 Å². The third-order valence-corrected chi connectivity index (χ3v) is 5.05. The molecule has 1 heterocycles. The summed E-state index contributed by atoms with van der Waals surface area (Å²) in [6, 6.07) is 3.53. The maximum atomic E-state index is 12.5. The molecule has 1 saturated carbocycles. The van der Waals surface area contributed by atoms with E-state index in [1.54, 1.807) is 12.1 Å². The molecule has 1 aliphatic carbocycles. The number of nitrogens with zero attached hydrogens (tertiary/aromatic N) is 1. The van der Waals surface area contributed by atoms with Crippen LogP contribution < -0.4 is 10.0 Å². The van der Waals surface area contributed by atoms with Gasteiger partial charge in [0, 0.05) is 18.8 Å². The molecule has 1 aliphatic rings. The smallest absolute Gasteiger partial charge is 0.260 e. The Morgan fingerprint density at radius 2 is 1.95 bits per heavy atom. The summed E-state index contributed by atoms with van der Waals surface area (Å²) in [4.78, 5) is 4.04. The van der Waals surface area contributed by atoms with Gasteiger partial charge in [0.2, 0.25) is 0 Å². The van der Waals surface area contributed by atoms with E-state index in [4.69, 9.17) is 0 Å². The minimum atomic E-state index is -3.55. The molecule has 1 aromatic heterocycles. The predicted octanol–water partition coefficient (Wildman–Crippen LogP) is 2.51. The van der Waals surface area contributed by atoms with Crippen molar-refractivity contribution >= 4 is 15.7 Å². The van der Waals surface area contributed by atoms with E-state index in [2.05, 4.69) is 15.0 Å². The lowest BCUT2D eigenvalue weighted by molar-refractivity contribution is 0.508. The van der Waals surface area contributed by atoms with E-state index in [0.29, 0.717) is 12.2 Å². The van der Waals surface area contributed by atoms with E-state index in [1.165, 1.54) is 19.0 Å². The molecule has 0 aromatic carbocycles. The van der Waals surface area contributed by atoms with Crippen molar-refractivity contribution in [3.63, 3.8) is 0 Å². The van der Waals surface area contributed by atoms with Crippen LogP contribution in [0.15, 0.2) is 23.4 Å². The van der Waals surface area contributed by atoms with E-state index in [0.717, 1.165) is 25.7 Å². The van der Waals surface area contributed by atoms with Gasteiger partial charge < -0.3 is 5.32 Å². The zero-order valence-electron chi connectivity index (χ0n) is 11.9. The van der Waals surface area contributed by atoms with Crippen molar-refractivity contribution < 1.29 is 8.42 Å². The van der Waals surface area contributed by atoms with Gasteiger partial charge in [-0.25, -0.2) is 18.1 Å². The lowest BCUT2D eigenvalue weighted by Crippen LogP contribution is -2.35. The molecule has 6 heteroatoms. The molecule has 5 nitrogen and oxygen atoms in total. The van der Waals surface area contributed by atoms with Crippen molar-refractivity contribution in [3.8, 4) is 0 Å². The summed E-state index contributed by atoms with van der Waals surface area (Å²) in [7, 11) is -3.55. The summed E-state index contributed by atoms with van der Waals surface area (Å²) in [6.45, 7) is 2.60. The second kappa shape index (κ2) is 7.04. The molecule has 2 N–H and O–H groups in total. The fraction of sp³-hybridized carbons (Fsp3) is 0.643. The molecular formula is C14H23N3O2S. The minimum absolute atomic E-state index is 0.0407. The lowest BCUT2D eigenvalue weighted by Gasteiger charge is -2.17. The molecule has 0 bridgehead atoms. The molecule has 0 unspecified atom stereocenters. The summed E-state index contributed by atoms with van der Waals surface area (Å²) in [6.07, 6.45) is 7.94. The first-order valence-corrected chi connectivity index (χ1v) is 8.83. The van der Waals surface area contributed by atoms with Gasteiger partial charge in [0.15, 0.2) is 5.03 Å². The van der Waals surface area contributed by atoms with Gasteiger partial charge in [0.25, 0.3) is 10.0 Å². The summed E-state index contributed by atoms with van der Waals surface area (Å²) < 4.78 is 27.8. The highest BCUT2D eigenvalue weighted by Gasteiger charge is 2.24. The minimum Gasteiger partial charge on any atom is -0.383 e. The summed E-state index contributed by atoms with van der Waals surface area (Å²) in [5.74, 6) is 0. The van der Waals surface area contributed by atoms with Crippen molar-refractivity contribution in [2.75, 3.05) is 11.9 Å². The van der Waals surface area contributed by atoms with Gasteiger partial charge in [0.05, 0.1) is 5.69 Å². The Hall–Kier alpha value is -1.14. The van der Waals surface area contributed by atoms with Crippen LogP contribution in [0.3, 0.4) is 0 Å². The molecule has 112 valence electrons. The Balaban J connectivity index is 2.17. The molecule has 0 amide bonds. The molecular weight excluding hydrogens is 274 g/mol. The second-order valence-electron chi connectivity index (χ2n) is 5.20. The number of hydrogen-bond donors (Lipinski definition) is 2. The maximum absolute atomic E-state index is 12.5. The van der Waals surface area contributed by atoms with Gasteiger partial charge >= 0.3 is 0 Å². The molecule has 0 aliphatic heterocycles. The molecule has 0 radical (unpaired) electrons. The van der Waals surface area contributed by atoms with Crippen LogP contribution in [0.5, 0.6) is 0 Å². The van der Waals surface area contributed by atoms with Gasteiger partial charge in [-0.05, 0) is 31.9 Å². The molecule has 20 heavy (non-hydrogen) atoms. The van der Waals surface area contributed by atoms with E-state index >= 15 is 0 Å². The fourth-order valence-electron chi connectivity index (χ4n) is 2.60. The number of aromatic nitrogens is 1. The molecule has 2 rings (SSSR count). The lowest BCUT2D eigenvalue weighted by atomic mass is 10.1. The zero-order chi connectivity index (χ0) is 14.4. The number of rotatable bonds is 5. The standard InChI is InChI=1S/C14H23N3O2S/c1-2-15-13-10-7-11-16-14(13)20(18,19)17-12-8-5-3-4-6-9-12/h7,10-12,15,17H,2-6,8-9H2,1H3. The van der Waals surface area contributed by atoms with Crippen LogP contribution in [0.25, 0.3) is 0 Å². The summed E-state index contributed by atoms with van der Waals surface area (Å²) in [5, 5.41) is 3.15. The molecule has 1 fully saturated rings. The highest BCUT2D eigenvalue weighted by Crippen LogP contribution is 2.22. The summed E-state index contributed by atoms with van der Waals surface area (Å²) in [5.41, 5.74) is 0.566. The Labute approximate surface area is 121 Å².